The SMILES string of the molecule is COc1cc(OC)cc(C(=O)N[C@H](C)c2ccc(SC)cc2)c1. The normalized spacial score (nSPS) is 11.7. The standard InChI is InChI=1S/C18H21NO3S/c1-12(13-5-7-17(23-4)8-6-13)19-18(20)14-9-15(21-2)11-16(10-14)22-3/h5-12H,1-4H3,(H,19,20)/t12-/m1/s1. The Morgan fingerprint density at radius 3 is 2.09 bits per heavy atom. The smallest absolute Gasteiger partial charge is 0.252 e. The third-order valence-electron chi connectivity index (χ3n) is 3.58. The molecule has 2 rings (SSSR count). The molecule has 0 unspecified atom stereocenters. The Hall–Kier alpha value is -2.14. The van der Waals surface area contributed by atoms with Gasteiger partial charge < -0.3 is 14.8 Å². The summed E-state index contributed by atoms with van der Waals surface area (Å²) in [5, 5.41) is 3.00. The molecule has 2 aromatic carbocycles. The molecule has 0 saturated carbocycles. The first-order valence-corrected chi connectivity index (χ1v) is 8.47. The van der Waals surface area contributed by atoms with Gasteiger partial charge in [-0.1, -0.05) is 12.1 Å². The summed E-state index contributed by atoms with van der Waals surface area (Å²) in [5.41, 5.74) is 1.57. The highest BCUT2D eigenvalue weighted by Crippen LogP contribution is 2.23. The summed E-state index contributed by atoms with van der Waals surface area (Å²) in [6, 6.07) is 13.2. The van der Waals surface area contributed by atoms with E-state index in [1.54, 1.807) is 44.2 Å². The summed E-state index contributed by atoms with van der Waals surface area (Å²) >= 11 is 1.69. The Morgan fingerprint density at radius 2 is 1.61 bits per heavy atom. The fourth-order valence-corrected chi connectivity index (χ4v) is 2.60. The van der Waals surface area contributed by atoms with Crippen molar-refractivity contribution in [1.82, 2.24) is 5.32 Å². The molecule has 1 N–H and O–H groups in total. The van der Waals surface area contributed by atoms with Crippen LogP contribution in [0, 0.1) is 0 Å². The van der Waals surface area contributed by atoms with E-state index in [0.717, 1.165) is 5.56 Å². The zero-order valence-electron chi connectivity index (χ0n) is 13.8. The van der Waals surface area contributed by atoms with E-state index in [2.05, 4.69) is 17.4 Å². The number of benzene rings is 2. The Kier molecular flexibility index (Phi) is 5.93. The third-order valence-corrected chi connectivity index (χ3v) is 4.32. The minimum atomic E-state index is -0.163. The van der Waals surface area contributed by atoms with E-state index in [1.807, 2.05) is 25.3 Å². The molecule has 0 saturated heterocycles. The van der Waals surface area contributed by atoms with E-state index in [-0.39, 0.29) is 11.9 Å². The maximum Gasteiger partial charge on any atom is 0.252 e. The monoisotopic (exact) mass is 331 g/mol. The van der Waals surface area contributed by atoms with Crippen LogP contribution >= 0.6 is 11.8 Å². The zero-order valence-corrected chi connectivity index (χ0v) is 14.6. The van der Waals surface area contributed by atoms with Gasteiger partial charge in [-0.25, -0.2) is 0 Å². The van der Waals surface area contributed by atoms with Crippen molar-refractivity contribution in [3.63, 3.8) is 0 Å². The van der Waals surface area contributed by atoms with Crippen LogP contribution < -0.4 is 14.8 Å². The topological polar surface area (TPSA) is 47.6 Å². The van der Waals surface area contributed by atoms with Crippen LogP contribution in [0.25, 0.3) is 0 Å². The van der Waals surface area contributed by atoms with Gasteiger partial charge >= 0.3 is 0 Å². The predicted molar refractivity (Wildman–Crippen MR) is 93.7 cm³/mol. The van der Waals surface area contributed by atoms with Gasteiger partial charge in [0.15, 0.2) is 0 Å². The Balaban J connectivity index is 2.14. The van der Waals surface area contributed by atoms with E-state index in [1.165, 1.54) is 4.90 Å². The summed E-state index contributed by atoms with van der Waals surface area (Å²) in [6.07, 6.45) is 2.04. The minimum absolute atomic E-state index is 0.0874. The Labute approximate surface area is 141 Å². The number of thioether (sulfide) groups is 1. The van der Waals surface area contributed by atoms with Gasteiger partial charge in [-0.05, 0) is 43.0 Å². The number of carbonyl (C=O) groups excluding carboxylic acids is 1. The molecule has 0 spiro atoms. The molecule has 0 aliphatic carbocycles. The molecule has 0 aromatic heterocycles. The second-order valence-electron chi connectivity index (χ2n) is 5.07. The largest absolute Gasteiger partial charge is 0.497 e. The zero-order chi connectivity index (χ0) is 16.8. The highest BCUT2D eigenvalue weighted by molar-refractivity contribution is 7.98. The van der Waals surface area contributed by atoms with Gasteiger partial charge in [-0.15, -0.1) is 11.8 Å². The van der Waals surface area contributed by atoms with Crippen molar-refractivity contribution in [2.75, 3.05) is 20.5 Å². The highest BCUT2D eigenvalue weighted by Gasteiger charge is 2.13. The lowest BCUT2D eigenvalue weighted by Gasteiger charge is -2.15. The molecule has 0 bridgehead atoms. The number of amides is 1. The van der Waals surface area contributed by atoms with E-state index in [4.69, 9.17) is 9.47 Å². The van der Waals surface area contributed by atoms with Gasteiger partial charge in [-0.3, -0.25) is 4.79 Å². The van der Waals surface area contributed by atoms with E-state index >= 15 is 0 Å². The van der Waals surface area contributed by atoms with Crippen molar-refractivity contribution in [2.24, 2.45) is 0 Å². The average molecular weight is 331 g/mol. The molecule has 0 aliphatic heterocycles. The lowest BCUT2D eigenvalue weighted by molar-refractivity contribution is 0.0939. The first kappa shape index (κ1) is 17.2. The maximum absolute atomic E-state index is 12.5. The number of nitrogens with one attached hydrogen (secondary N) is 1. The first-order valence-electron chi connectivity index (χ1n) is 7.25. The maximum atomic E-state index is 12.5. The third kappa shape index (κ3) is 4.42. The predicted octanol–water partition coefficient (Wildman–Crippen LogP) is 3.92. The molecule has 1 amide bonds. The quantitative estimate of drug-likeness (QED) is 0.815. The number of hydrogen-bond donors (Lipinski definition) is 1. The first-order chi connectivity index (χ1) is 11.1. The van der Waals surface area contributed by atoms with Crippen LogP contribution in [0.2, 0.25) is 0 Å². The molecule has 122 valence electrons. The van der Waals surface area contributed by atoms with E-state index in [9.17, 15) is 4.79 Å². The number of ether oxygens (including phenoxy) is 2. The van der Waals surface area contributed by atoms with Crippen LogP contribution in [-0.4, -0.2) is 26.4 Å². The minimum Gasteiger partial charge on any atom is -0.497 e. The lowest BCUT2D eigenvalue weighted by atomic mass is 10.1. The lowest BCUT2D eigenvalue weighted by Crippen LogP contribution is -2.26. The van der Waals surface area contributed by atoms with Gasteiger partial charge in [0.1, 0.15) is 11.5 Å². The summed E-state index contributed by atoms with van der Waals surface area (Å²) < 4.78 is 10.4. The van der Waals surface area contributed by atoms with Crippen LogP contribution in [0.3, 0.4) is 0 Å². The summed E-state index contributed by atoms with van der Waals surface area (Å²) in [5.74, 6) is 1.02. The fourth-order valence-electron chi connectivity index (χ4n) is 2.19. The van der Waals surface area contributed by atoms with Crippen molar-refractivity contribution < 1.29 is 14.3 Å². The second kappa shape index (κ2) is 7.92. The van der Waals surface area contributed by atoms with Crippen LogP contribution in [-0.2, 0) is 0 Å². The molecule has 23 heavy (non-hydrogen) atoms. The summed E-state index contributed by atoms with van der Waals surface area (Å²) in [6.45, 7) is 1.96. The number of rotatable bonds is 6. The molecular formula is C18H21NO3S. The van der Waals surface area contributed by atoms with Crippen molar-refractivity contribution >= 4 is 17.7 Å². The van der Waals surface area contributed by atoms with Gasteiger partial charge in [-0.2, -0.15) is 0 Å². The molecule has 2 aromatic rings. The van der Waals surface area contributed by atoms with Crippen LogP contribution in [0.5, 0.6) is 11.5 Å². The second-order valence-corrected chi connectivity index (χ2v) is 5.95. The molecule has 0 aliphatic rings. The molecule has 5 heteroatoms. The molecule has 4 nitrogen and oxygen atoms in total. The highest BCUT2D eigenvalue weighted by atomic mass is 32.2. The molecule has 0 heterocycles. The molecule has 0 radical (unpaired) electrons. The van der Waals surface area contributed by atoms with Crippen molar-refractivity contribution in [1.29, 1.82) is 0 Å². The number of carbonyl (C=O) groups is 1. The molecular weight excluding hydrogens is 310 g/mol. The van der Waals surface area contributed by atoms with Crippen molar-refractivity contribution in [3.05, 3.63) is 53.6 Å². The van der Waals surface area contributed by atoms with Crippen LogP contribution in [0.1, 0.15) is 28.9 Å². The van der Waals surface area contributed by atoms with Gasteiger partial charge in [0, 0.05) is 16.5 Å². The average Bonchev–Trinajstić information content (AvgIpc) is 2.61. The van der Waals surface area contributed by atoms with Gasteiger partial charge in [0.2, 0.25) is 0 Å². The Morgan fingerprint density at radius 1 is 1.04 bits per heavy atom. The summed E-state index contributed by atoms with van der Waals surface area (Å²) in [7, 11) is 3.12. The van der Waals surface area contributed by atoms with Crippen molar-refractivity contribution in [3.8, 4) is 11.5 Å². The van der Waals surface area contributed by atoms with Crippen LogP contribution in [0.15, 0.2) is 47.4 Å². The molecule has 1 atom stereocenters. The fraction of sp³-hybridized carbons (Fsp3) is 0.278. The van der Waals surface area contributed by atoms with Crippen molar-refractivity contribution in [2.45, 2.75) is 17.9 Å². The Bertz CT molecular complexity index is 648. The van der Waals surface area contributed by atoms with Crippen LogP contribution in [0.4, 0.5) is 0 Å². The molecule has 0 fully saturated rings. The van der Waals surface area contributed by atoms with Gasteiger partial charge in [0.05, 0.1) is 20.3 Å². The summed E-state index contributed by atoms with van der Waals surface area (Å²) in [4.78, 5) is 13.7. The van der Waals surface area contributed by atoms with Gasteiger partial charge in [0.25, 0.3) is 5.91 Å². The number of hydrogen-bond acceptors (Lipinski definition) is 4. The van der Waals surface area contributed by atoms with E-state index in [0.29, 0.717) is 17.1 Å². The van der Waals surface area contributed by atoms with E-state index < -0.39 is 0 Å². The number of methoxy groups -OCH3 is 2.